The van der Waals surface area contributed by atoms with Gasteiger partial charge in [-0.3, -0.25) is 4.79 Å². The molecule has 0 fully saturated rings. The molecule has 0 aliphatic rings. The summed E-state index contributed by atoms with van der Waals surface area (Å²) in [6.45, 7) is 1.27. The van der Waals surface area contributed by atoms with Gasteiger partial charge in [0.2, 0.25) is 0 Å². The molecule has 2 aromatic rings. The van der Waals surface area contributed by atoms with Gasteiger partial charge >= 0.3 is 17.3 Å². The molecule has 2 N–H and O–H groups in total. The number of nitrogens with one attached hydrogen (secondary N) is 2. The molecule has 0 saturated heterocycles. The molecule has 1 heterocycles. The monoisotopic (exact) mass is 235 g/mol. The van der Waals surface area contributed by atoms with Gasteiger partial charge in [-0.1, -0.05) is 6.07 Å². The summed E-state index contributed by atoms with van der Waals surface area (Å²) in [6, 6.07) is 6.10. The van der Waals surface area contributed by atoms with Crippen LogP contribution >= 0.6 is 0 Å². The summed E-state index contributed by atoms with van der Waals surface area (Å²) in [7, 11) is 0. The van der Waals surface area contributed by atoms with E-state index in [0.717, 1.165) is 4.57 Å². The van der Waals surface area contributed by atoms with Crippen LogP contribution in [0.5, 0.6) is 5.75 Å². The Morgan fingerprint density at radius 2 is 1.88 bits per heavy atom. The summed E-state index contributed by atoms with van der Waals surface area (Å²) in [4.78, 5) is 33.5. The summed E-state index contributed by atoms with van der Waals surface area (Å²) in [6.07, 6.45) is 0. The fourth-order valence-electron chi connectivity index (χ4n) is 1.40. The van der Waals surface area contributed by atoms with Crippen LogP contribution in [0.1, 0.15) is 6.92 Å². The number of carbonyl (C=O) groups is 1. The number of esters is 1. The van der Waals surface area contributed by atoms with Gasteiger partial charge in [0, 0.05) is 13.0 Å². The van der Waals surface area contributed by atoms with Crippen molar-refractivity contribution in [3.05, 3.63) is 45.2 Å². The highest BCUT2D eigenvalue weighted by molar-refractivity contribution is 5.69. The van der Waals surface area contributed by atoms with Crippen molar-refractivity contribution >= 4 is 5.97 Å². The molecule has 7 nitrogen and oxygen atoms in total. The van der Waals surface area contributed by atoms with Gasteiger partial charge in [0.05, 0.1) is 5.69 Å². The first kappa shape index (κ1) is 10.9. The lowest BCUT2D eigenvalue weighted by Gasteiger charge is -2.03. The Balaban J connectivity index is 2.50. The molecule has 0 aliphatic heterocycles. The van der Waals surface area contributed by atoms with Gasteiger partial charge in [0.25, 0.3) is 0 Å². The van der Waals surface area contributed by atoms with Crippen LogP contribution in [-0.2, 0) is 4.79 Å². The van der Waals surface area contributed by atoms with Gasteiger partial charge in [-0.2, -0.15) is 0 Å². The van der Waals surface area contributed by atoms with Crippen LogP contribution in [0.15, 0.2) is 33.9 Å². The third kappa shape index (κ3) is 2.17. The van der Waals surface area contributed by atoms with E-state index in [2.05, 4.69) is 10.2 Å². The second-order valence-corrected chi connectivity index (χ2v) is 3.29. The molecule has 0 aliphatic carbocycles. The highest BCUT2D eigenvalue weighted by Crippen LogP contribution is 2.14. The number of hydrogen-bond acceptors (Lipinski definition) is 4. The quantitative estimate of drug-likeness (QED) is 0.555. The Morgan fingerprint density at radius 1 is 1.24 bits per heavy atom. The van der Waals surface area contributed by atoms with Crippen LogP contribution in [0.25, 0.3) is 5.69 Å². The maximum absolute atomic E-state index is 11.3. The van der Waals surface area contributed by atoms with Crippen molar-refractivity contribution in [2.75, 3.05) is 0 Å². The molecule has 7 heteroatoms. The predicted molar refractivity (Wildman–Crippen MR) is 58.3 cm³/mol. The van der Waals surface area contributed by atoms with Crippen LogP contribution in [0, 0.1) is 0 Å². The lowest BCUT2D eigenvalue weighted by Crippen LogP contribution is -2.24. The molecular formula is C10H9N3O4. The number of aromatic nitrogens is 3. The van der Waals surface area contributed by atoms with E-state index < -0.39 is 17.3 Å². The van der Waals surface area contributed by atoms with Gasteiger partial charge in [-0.15, -0.1) is 0 Å². The largest absolute Gasteiger partial charge is 0.427 e. The Kier molecular flexibility index (Phi) is 2.65. The van der Waals surface area contributed by atoms with Crippen molar-refractivity contribution in [3.8, 4) is 11.4 Å². The SMILES string of the molecule is CC(=O)Oc1cccc(-n2c(=O)[nH][nH]c2=O)c1. The van der Waals surface area contributed by atoms with Crippen molar-refractivity contribution < 1.29 is 9.53 Å². The molecule has 0 saturated carbocycles. The Bertz CT molecular complexity index is 637. The Hall–Kier alpha value is -2.57. The summed E-state index contributed by atoms with van der Waals surface area (Å²) in [5.74, 6) is -0.208. The van der Waals surface area contributed by atoms with E-state index in [-0.39, 0.29) is 5.75 Å². The van der Waals surface area contributed by atoms with Gasteiger partial charge in [0.15, 0.2) is 0 Å². The van der Waals surface area contributed by atoms with Crippen molar-refractivity contribution in [3.63, 3.8) is 0 Å². The van der Waals surface area contributed by atoms with Crippen LogP contribution in [0.4, 0.5) is 0 Å². The fourth-order valence-corrected chi connectivity index (χ4v) is 1.40. The molecule has 1 aromatic heterocycles. The van der Waals surface area contributed by atoms with Crippen molar-refractivity contribution in [1.29, 1.82) is 0 Å². The summed E-state index contributed by atoms with van der Waals surface area (Å²) in [5, 5.41) is 4.32. The van der Waals surface area contributed by atoms with E-state index in [1.54, 1.807) is 18.2 Å². The number of hydrogen-bond donors (Lipinski definition) is 2. The van der Waals surface area contributed by atoms with Crippen LogP contribution in [0.3, 0.4) is 0 Å². The number of carbonyl (C=O) groups excluding carboxylic acids is 1. The van der Waals surface area contributed by atoms with Gasteiger partial charge in [0.1, 0.15) is 5.75 Å². The molecule has 0 atom stereocenters. The molecule has 0 amide bonds. The second kappa shape index (κ2) is 4.12. The zero-order chi connectivity index (χ0) is 12.4. The molecule has 17 heavy (non-hydrogen) atoms. The molecule has 0 unspecified atom stereocenters. The number of ether oxygens (including phenoxy) is 1. The van der Waals surface area contributed by atoms with Crippen molar-refractivity contribution in [1.82, 2.24) is 14.8 Å². The smallest absolute Gasteiger partial charge is 0.348 e. The van der Waals surface area contributed by atoms with Gasteiger partial charge in [-0.25, -0.2) is 24.4 Å². The molecule has 0 bridgehead atoms. The van der Waals surface area contributed by atoms with Crippen LogP contribution in [-0.4, -0.2) is 20.7 Å². The lowest BCUT2D eigenvalue weighted by molar-refractivity contribution is -0.131. The summed E-state index contributed by atoms with van der Waals surface area (Å²) >= 11 is 0. The van der Waals surface area contributed by atoms with E-state index in [1.165, 1.54) is 13.0 Å². The van der Waals surface area contributed by atoms with E-state index in [0.29, 0.717) is 5.69 Å². The van der Waals surface area contributed by atoms with Crippen LogP contribution in [0.2, 0.25) is 0 Å². The highest BCUT2D eigenvalue weighted by Gasteiger charge is 2.07. The molecule has 1 aromatic carbocycles. The number of aromatic amines is 2. The first-order valence-electron chi connectivity index (χ1n) is 4.76. The number of rotatable bonds is 2. The minimum absolute atomic E-state index is 0.266. The predicted octanol–water partition coefficient (Wildman–Crippen LogP) is -0.221. The molecular weight excluding hydrogens is 226 g/mol. The van der Waals surface area contributed by atoms with E-state index in [1.807, 2.05) is 0 Å². The highest BCUT2D eigenvalue weighted by atomic mass is 16.5. The van der Waals surface area contributed by atoms with Gasteiger partial charge in [-0.05, 0) is 12.1 Å². The first-order chi connectivity index (χ1) is 8.08. The van der Waals surface area contributed by atoms with E-state index in [4.69, 9.17) is 4.74 Å². The van der Waals surface area contributed by atoms with Crippen molar-refractivity contribution in [2.24, 2.45) is 0 Å². The van der Waals surface area contributed by atoms with E-state index in [9.17, 15) is 14.4 Å². The molecule has 2 rings (SSSR count). The summed E-state index contributed by atoms with van der Waals surface area (Å²) < 4.78 is 5.75. The van der Waals surface area contributed by atoms with Crippen molar-refractivity contribution in [2.45, 2.75) is 6.92 Å². The van der Waals surface area contributed by atoms with E-state index >= 15 is 0 Å². The average Bonchev–Trinajstić information content (AvgIpc) is 2.58. The zero-order valence-corrected chi connectivity index (χ0v) is 8.89. The number of H-pyrrole nitrogens is 2. The Morgan fingerprint density at radius 3 is 2.47 bits per heavy atom. The second-order valence-electron chi connectivity index (χ2n) is 3.29. The minimum atomic E-state index is -0.588. The minimum Gasteiger partial charge on any atom is -0.427 e. The maximum Gasteiger partial charge on any atom is 0.348 e. The molecule has 88 valence electrons. The molecule has 0 spiro atoms. The normalized spacial score (nSPS) is 10.2. The first-order valence-corrected chi connectivity index (χ1v) is 4.76. The Labute approximate surface area is 94.6 Å². The fraction of sp³-hybridized carbons (Fsp3) is 0.100. The number of nitrogens with zero attached hydrogens (tertiary/aromatic N) is 1. The maximum atomic E-state index is 11.3. The lowest BCUT2D eigenvalue weighted by atomic mass is 10.3. The summed E-state index contributed by atoms with van der Waals surface area (Å²) in [5.41, 5.74) is -0.860. The third-order valence-electron chi connectivity index (χ3n) is 2.02. The van der Waals surface area contributed by atoms with Gasteiger partial charge < -0.3 is 4.74 Å². The third-order valence-corrected chi connectivity index (χ3v) is 2.02. The standard InChI is InChI=1S/C10H9N3O4/c1-6(14)17-8-4-2-3-7(5-8)13-9(15)11-12-10(13)16/h2-5H,1H3,(H,11,15)(H,12,16). The molecule has 0 radical (unpaired) electrons. The average molecular weight is 235 g/mol. The zero-order valence-electron chi connectivity index (χ0n) is 8.89. The topological polar surface area (TPSA) is 96.9 Å². The van der Waals surface area contributed by atoms with Crippen LogP contribution < -0.4 is 16.1 Å². The number of benzene rings is 1.